The second-order valence-electron chi connectivity index (χ2n) is 6.11. The second-order valence-corrected chi connectivity index (χ2v) is 6.11. The van der Waals surface area contributed by atoms with Crippen molar-refractivity contribution in [2.24, 2.45) is 23.7 Å². The van der Waals surface area contributed by atoms with E-state index in [2.05, 4.69) is 12.2 Å². The minimum Gasteiger partial charge on any atom is -0.295 e. The lowest BCUT2D eigenvalue weighted by Crippen LogP contribution is -2.32. The van der Waals surface area contributed by atoms with Gasteiger partial charge in [0, 0.05) is 5.56 Å². The van der Waals surface area contributed by atoms with Gasteiger partial charge in [0.2, 0.25) is 11.8 Å². The number of allylic oxidation sites excluding steroid dienone is 2. The molecule has 3 aliphatic rings. The predicted molar refractivity (Wildman–Crippen MR) is 76.7 cm³/mol. The van der Waals surface area contributed by atoms with Crippen molar-refractivity contribution in [2.45, 2.75) is 13.3 Å². The molecule has 21 heavy (non-hydrogen) atoms. The molecule has 4 heteroatoms. The number of fused-ring (bicyclic) bond motifs is 5. The first-order valence-corrected chi connectivity index (χ1v) is 7.25. The van der Waals surface area contributed by atoms with Gasteiger partial charge >= 0.3 is 0 Å². The number of benzene rings is 1. The Balaban J connectivity index is 1.69. The fourth-order valence-electron chi connectivity index (χ4n) is 4.00. The summed E-state index contributed by atoms with van der Waals surface area (Å²) < 4.78 is 0. The van der Waals surface area contributed by atoms with Gasteiger partial charge < -0.3 is 0 Å². The smallest absolute Gasteiger partial charge is 0.238 e. The van der Waals surface area contributed by atoms with E-state index in [1.165, 1.54) is 11.8 Å². The SMILES string of the molecule is CC(=O)c1ccc(N2C(=O)[C@@H]3[C@@H](C2=O)[C@H]2C=C[C@H]3C2)cc1. The molecule has 4 rings (SSSR count). The van der Waals surface area contributed by atoms with Crippen LogP contribution < -0.4 is 4.90 Å². The molecule has 1 aromatic rings. The highest BCUT2D eigenvalue weighted by Crippen LogP contribution is 2.53. The average molecular weight is 281 g/mol. The first kappa shape index (κ1) is 12.5. The Morgan fingerprint density at radius 3 is 2.00 bits per heavy atom. The molecule has 4 nitrogen and oxygen atoms in total. The minimum atomic E-state index is -0.181. The molecule has 1 saturated heterocycles. The minimum absolute atomic E-state index is 0.0280. The third-order valence-corrected chi connectivity index (χ3v) is 5.00. The summed E-state index contributed by atoms with van der Waals surface area (Å²) in [5.41, 5.74) is 1.16. The average Bonchev–Trinajstić information content (AvgIpc) is 3.13. The van der Waals surface area contributed by atoms with Crippen LogP contribution in [0.3, 0.4) is 0 Å². The first-order valence-electron chi connectivity index (χ1n) is 7.25. The van der Waals surface area contributed by atoms with E-state index >= 15 is 0 Å². The molecule has 1 aromatic carbocycles. The number of hydrogen-bond acceptors (Lipinski definition) is 3. The van der Waals surface area contributed by atoms with Crippen molar-refractivity contribution in [3.05, 3.63) is 42.0 Å². The fraction of sp³-hybridized carbons (Fsp3) is 0.353. The van der Waals surface area contributed by atoms with Crippen LogP contribution in [0.25, 0.3) is 0 Å². The predicted octanol–water partition coefficient (Wildman–Crippen LogP) is 2.20. The van der Waals surface area contributed by atoms with E-state index in [1.54, 1.807) is 24.3 Å². The number of carbonyl (C=O) groups excluding carboxylic acids is 3. The molecule has 1 aliphatic heterocycles. The van der Waals surface area contributed by atoms with Crippen molar-refractivity contribution in [1.29, 1.82) is 0 Å². The normalized spacial score (nSPS) is 32.9. The van der Waals surface area contributed by atoms with Crippen molar-refractivity contribution >= 4 is 23.3 Å². The molecular weight excluding hydrogens is 266 g/mol. The van der Waals surface area contributed by atoms with E-state index in [0.29, 0.717) is 11.3 Å². The Morgan fingerprint density at radius 1 is 1.00 bits per heavy atom. The summed E-state index contributed by atoms with van der Waals surface area (Å²) in [5.74, 6) is -0.120. The van der Waals surface area contributed by atoms with Crippen LogP contribution in [0.1, 0.15) is 23.7 Å². The topological polar surface area (TPSA) is 54.5 Å². The van der Waals surface area contributed by atoms with Gasteiger partial charge in [0.15, 0.2) is 5.78 Å². The maximum absolute atomic E-state index is 12.6. The van der Waals surface area contributed by atoms with Crippen molar-refractivity contribution in [3.8, 4) is 0 Å². The number of anilines is 1. The van der Waals surface area contributed by atoms with Gasteiger partial charge in [-0.3, -0.25) is 19.3 Å². The zero-order chi connectivity index (χ0) is 14.7. The summed E-state index contributed by atoms with van der Waals surface area (Å²) in [6.07, 6.45) is 5.10. The molecule has 0 unspecified atom stereocenters. The van der Waals surface area contributed by atoms with Gasteiger partial charge in [0.05, 0.1) is 17.5 Å². The zero-order valence-electron chi connectivity index (χ0n) is 11.7. The van der Waals surface area contributed by atoms with Gasteiger partial charge in [-0.25, -0.2) is 0 Å². The molecule has 2 fully saturated rings. The number of ketones is 1. The van der Waals surface area contributed by atoms with Crippen molar-refractivity contribution in [3.63, 3.8) is 0 Å². The van der Waals surface area contributed by atoms with Crippen molar-refractivity contribution < 1.29 is 14.4 Å². The van der Waals surface area contributed by atoms with Gasteiger partial charge in [0.1, 0.15) is 0 Å². The summed E-state index contributed by atoms with van der Waals surface area (Å²) in [6.45, 7) is 1.49. The van der Waals surface area contributed by atoms with Crippen molar-refractivity contribution in [1.82, 2.24) is 0 Å². The number of hydrogen-bond donors (Lipinski definition) is 0. The van der Waals surface area contributed by atoms with Crippen LogP contribution in [0, 0.1) is 23.7 Å². The quantitative estimate of drug-likeness (QED) is 0.474. The van der Waals surface area contributed by atoms with E-state index in [0.717, 1.165) is 6.42 Å². The molecule has 0 spiro atoms. The van der Waals surface area contributed by atoms with Gasteiger partial charge in [-0.15, -0.1) is 0 Å². The van der Waals surface area contributed by atoms with Crippen LogP contribution in [0.15, 0.2) is 36.4 Å². The van der Waals surface area contributed by atoms with E-state index in [-0.39, 0.29) is 41.3 Å². The van der Waals surface area contributed by atoms with Crippen LogP contribution in [0.5, 0.6) is 0 Å². The van der Waals surface area contributed by atoms with E-state index in [9.17, 15) is 14.4 Å². The summed E-state index contributed by atoms with van der Waals surface area (Å²) in [4.78, 5) is 37.8. The second kappa shape index (κ2) is 4.13. The summed E-state index contributed by atoms with van der Waals surface area (Å²) in [6, 6.07) is 6.70. The van der Waals surface area contributed by atoms with Crippen LogP contribution in [0.4, 0.5) is 5.69 Å². The lowest BCUT2D eigenvalue weighted by Gasteiger charge is -2.17. The third-order valence-electron chi connectivity index (χ3n) is 5.00. The maximum Gasteiger partial charge on any atom is 0.238 e. The Morgan fingerprint density at radius 2 is 1.52 bits per heavy atom. The molecule has 0 radical (unpaired) electrons. The Kier molecular flexibility index (Phi) is 2.46. The summed E-state index contributed by atoms with van der Waals surface area (Å²) in [7, 11) is 0. The molecule has 0 aromatic heterocycles. The highest BCUT2D eigenvalue weighted by atomic mass is 16.2. The Labute approximate surface area is 122 Å². The van der Waals surface area contributed by atoms with E-state index < -0.39 is 0 Å². The lowest BCUT2D eigenvalue weighted by molar-refractivity contribution is -0.123. The molecule has 2 bridgehead atoms. The molecule has 0 N–H and O–H groups in total. The molecule has 1 saturated carbocycles. The molecule has 106 valence electrons. The number of Topliss-reactive ketones (excluding diaryl/α,β-unsaturated/α-hetero) is 1. The number of imide groups is 1. The van der Waals surface area contributed by atoms with Crippen molar-refractivity contribution in [2.75, 3.05) is 4.90 Å². The number of amides is 2. The standard InChI is InChI=1S/C17H15NO3/c1-9(19)10-4-6-13(7-5-10)18-16(20)14-11-2-3-12(8-11)15(14)17(18)21/h2-7,11-12,14-15H,8H2,1H3/t11-,12-,14-,15-/m0/s1. The summed E-state index contributed by atoms with van der Waals surface area (Å²) in [5, 5.41) is 0. The van der Waals surface area contributed by atoms with Crippen LogP contribution in [-0.2, 0) is 9.59 Å². The van der Waals surface area contributed by atoms with Gasteiger partial charge in [-0.1, -0.05) is 12.2 Å². The van der Waals surface area contributed by atoms with Gasteiger partial charge in [-0.2, -0.15) is 0 Å². The lowest BCUT2D eigenvalue weighted by atomic mass is 9.85. The van der Waals surface area contributed by atoms with Crippen LogP contribution >= 0.6 is 0 Å². The molecular formula is C17H15NO3. The number of carbonyl (C=O) groups is 3. The zero-order valence-corrected chi connectivity index (χ0v) is 11.7. The Bertz CT molecular complexity index is 658. The Hall–Kier alpha value is -2.23. The highest BCUT2D eigenvalue weighted by Gasteiger charge is 2.59. The van der Waals surface area contributed by atoms with Crippen LogP contribution in [0.2, 0.25) is 0 Å². The molecule has 2 amide bonds. The largest absolute Gasteiger partial charge is 0.295 e. The first-order chi connectivity index (χ1) is 10.1. The number of nitrogens with zero attached hydrogens (tertiary/aromatic N) is 1. The third kappa shape index (κ3) is 1.59. The summed E-state index contributed by atoms with van der Waals surface area (Å²) >= 11 is 0. The van der Waals surface area contributed by atoms with E-state index in [4.69, 9.17) is 0 Å². The monoisotopic (exact) mass is 281 g/mol. The fourth-order valence-corrected chi connectivity index (χ4v) is 4.00. The van der Waals surface area contributed by atoms with Gasteiger partial charge in [-0.05, 0) is 49.4 Å². The van der Waals surface area contributed by atoms with Crippen LogP contribution in [-0.4, -0.2) is 17.6 Å². The highest BCUT2D eigenvalue weighted by molar-refractivity contribution is 6.22. The molecule has 2 aliphatic carbocycles. The molecule has 4 atom stereocenters. The molecule has 1 heterocycles. The maximum atomic E-state index is 12.6. The van der Waals surface area contributed by atoms with Gasteiger partial charge in [0.25, 0.3) is 0 Å². The van der Waals surface area contributed by atoms with E-state index in [1.807, 2.05) is 0 Å². The number of rotatable bonds is 2.